The predicted molar refractivity (Wildman–Crippen MR) is 105 cm³/mol. The van der Waals surface area contributed by atoms with Crippen molar-refractivity contribution in [2.75, 3.05) is 11.9 Å². The number of nitrogens with one attached hydrogen (secondary N) is 2. The topological polar surface area (TPSA) is 84.7 Å². The molecule has 0 bridgehead atoms. The Morgan fingerprint density at radius 1 is 1.19 bits per heavy atom. The highest BCUT2D eigenvalue weighted by Gasteiger charge is 2.11. The van der Waals surface area contributed by atoms with Gasteiger partial charge < -0.3 is 10.6 Å². The molecule has 0 saturated carbocycles. The minimum absolute atomic E-state index is 0.0459. The Labute approximate surface area is 158 Å². The fraction of sp³-hybridized carbons (Fsp3) is 0.300. The van der Waals surface area contributed by atoms with Gasteiger partial charge in [0.2, 0.25) is 0 Å². The van der Waals surface area contributed by atoms with Gasteiger partial charge in [-0.3, -0.25) is 9.48 Å². The zero-order valence-corrected chi connectivity index (χ0v) is 15.6. The molecule has 27 heavy (non-hydrogen) atoms. The smallest absolute Gasteiger partial charge is 0.251 e. The fourth-order valence-electron chi connectivity index (χ4n) is 2.72. The van der Waals surface area contributed by atoms with E-state index in [0.29, 0.717) is 5.56 Å². The lowest BCUT2D eigenvalue weighted by Gasteiger charge is -2.14. The van der Waals surface area contributed by atoms with Crippen molar-refractivity contribution in [2.24, 2.45) is 0 Å². The first-order chi connectivity index (χ1) is 13.2. The van der Waals surface area contributed by atoms with E-state index in [-0.39, 0.29) is 11.9 Å². The van der Waals surface area contributed by atoms with E-state index in [0.717, 1.165) is 36.6 Å². The van der Waals surface area contributed by atoms with Crippen LogP contribution in [0, 0.1) is 0 Å². The van der Waals surface area contributed by atoms with Crippen LogP contribution in [-0.2, 0) is 6.54 Å². The molecule has 0 spiro atoms. The number of benzene rings is 1. The van der Waals surface area contributed by atoms with Crippen molar-refractivity contribution in [3.63, 3.8) is 0 Å². The molecule has 1 atom stereocenters. The zero-order valence-electron chi connectivity index (χ0n) is 15.6. The molecular weight excluding hydrogens is 340 g/mol. The summed E-state index contributed by atoms with van der Waals surface area (Å²) in [5.41, 5.74) is 2.21. The van der Waals surface area contributed by atoms with Crippen molar-refractivity contribution in [3.05, 3.63) is 60.4 Å². The third-order valence-electron chi connectivity index (χ3n) is 4.17. The van der Waals surface area contributed by atoms with E-state index in [1.165, 1.54) is 0 Å². The van der Waals surface area contributed by atoms with Crippen LogP contribution >= 0.6 is 0 Å². The maximum absolute atomic E-state index is 12.6. The summed E-state index contributed by atoms with van der Waals surface area (Å²) in [5.74, 6) is 0.642. The van der Waals surface area contributed by atoms with E-state index in [2.05, 4.69) is 25.9 Å². The summed E-state index contributed by atoms with van der Waals surface area (Å²) in [4.78, 5) is 12.6. The lowest BCUT2D eigenvalue weighted by molar-refractivity contribution is 0.0937. The number of hydrogen-bond donors (Lipinski definition) is 2. The lowest BCUT2D eigenvalue weighted by Crippen LogP contribution is -2.33. The summed E-state index contributed by atoms with van der Waals surface area (Å²) in [6.07, 6.45) is 4.48. The van der Waals surface area contributed by atoms with Crippen molar-refractivity contribution in [2.45, 2.75) is 32.9 Å². The molecule has 0 radical (unpaired) electrons. The molecule has 3 rings (SSSR count). The predicted octanol–water partition coefficient (Wildman–Crippen LogP) is 2.98. The van der Waals surface area contributed by atoms with Crippen LogP contribution in [0.5, 0.6) is 0 Å². The number of aryl methyl sites for hydroxylation is 1. The van der Waals surface area contributed by atoms with Gasteiger partial charge in [0.1, 0.15) is 5.82 Å². The zero-order chi connectivity index (χ0) is 19.1. The average Bonchev–Trinajstić information content (AvgIpc) is 3.21. The Morgan fingerprint density at radius 2 is 2.07 bits per heavy atom. The first kappa shape index (κ1) is 18.6. The molecule has 0 fully saturated rings. The van der Waals surface area contributed by atoms with Crippen molar-refractivity contribution >= 4 is 11.7 Å². The summed E-state index contributed by atoms with van der Waals surface area (Å²) in [6, 6.07) is 13.1. The summed E-state index contributed by atoms with van der Waals surface area (Å²) in [6.45, 7) is 5.56. The summed E-state index contributed by atoms with van der Waals surface area (Å²) >= 11 is 0. The van der Waals surface area contributed by atoms with Gasteiger partial charge in [0.05, 0.1) is 5.69 Å². The molecule has 3 aromatic rings. The molecule has 140 valence electrons. The SMILES string of the molecule is CCNc1ccc(-c2cccc(C(=O)N[C@H](C)CCn3cccn3)c2)nn1. The van der Waals surface area contributed by atoms with Crippen LogP contribution in [0.4, 0.5) is 5.82 Å². The third kappa shape index (κ3) is 5.13. The lowest BCUT2D eigenvalue weighted by atomic mass is 10.1. The standard InChI is InChI=1S/C20H24N6O/c1-3-21-19-9-8-18(24-25-19)16-6-4-7-17(14-16)20(27)23-15(2)10-13-26-12-5-11-22-26/h4-9,11-12,14-15H,3,10,13H2,1-2H3,(H,21,25)(H,23,27)/t15-/m1/s1. The minimum atomic E-state index is -0.0953. The van der Waals surface area contributed by atoms with Crippen LogP contribution in [0.15, 0.2) is 54.9 Å². The molecule has 0 aliphatic carbocycles. The van der Waals surface area contributed by atoms with Gasteiger partial charge in [0.15, 0.2) is 0 Å². The second-order valence-electron chi connectivity index (χ2n) is 6.35. The van der Waals surface area contributed by atoms with E-state index in [1.54, 1.807) is 12.3 Å². The van der Waals surface area contributed by atoms with Gasteiger partial charge in [-0.1, -0.05) is 12.1 Å². The maximum Gasteiger partial charge on any atom is 0.251 e. The van der Waals surface area contributed by atoms with E-state index in [9.17, 15) is 4.79 Å². The maximum atomic E-state index is 12.6. The first-order valence-corrected chi connectivity index (χ1v) is 9.12. The second kappa shape index (κ2) is 8.93. The Morgan fingerprint density at radius 3 is 2.78 bits per heavy atom. The molecule has 2 heterocycles. The van der Waals surface area contributed by atoms with Crippen molar-refractivity contribution < 1.29 is 4.79 Å². The van der Waals surface area contributed by atoms with E-state index < -0.39 is 0 Å². The van der Waals surface area contributed by atoms with Crippen molar-refractivity contribution in [1.82, 2.24) is 25.3 Å². The highest BCUT2D eigenvalue weighted by atomic mass is 16.1. The highest BCUT2D eigenvalue weighted by Crippen LogP contribution is 2.18. The molecule has 7 heteroatoms. The van der Waals surface area contributed by atoms with E-state index in [4.69, 9.17) is 0 Å². The normalized spacial score (nSPS) is 11.8. The molecule has 0 aliphatic rings. The largest absolute Gasteiger partial charge is 0.369 e. The van der Waals surface area contributed by atoms with Gasteiger partial charge >= 0.3 is 0 Å². The minimum Gasteiger partial charge on any atom is -0.369 e. The first-order valence-electron chi connectivity index (χ1n) is 9.12. The Kier molecular flexibility index (Phi) is 6.14. The van der Waals surface area contributed by atoms with Crippen LogP contribution in [0.1, 0.15) is 30.6 Å². The Balaban J connectivity index is 1.62. The number of anilines is 1. The van der Waals surface area contributed by atoms with Crippen molar-refractivity contribution in [3.8, 4) is 11.3 Å². The van der Waals surface area contributed by atoms with Gasteiger partial charge in [-0.05, 0) is 50.6 Å². The molecule has 0 unspecified atom stereocenters. The van der Waals surface area contributed by atoms with Crippen LogP contribution in [0.3, 0.4) is 0 Å². The number of nitrogens with zero attached hydrogens (tertiary/aromatic N) is 4. The molecule has 2 N–H and O–H groups in total. The van der Waals surface area contributed by atoms with Crippen LogP contribution < -0.4 is 10.6 Å². The fourth-order valence-corrected chi connectivity index (χ4v) is 2.72. The number of rotatable bonds is 8. The Hall–Kier alpha value is -3.22. The molecule has 1 aromatic carbocycles. The van der Waals surface area contributed by atoms with Crippen LogP contribution in [0.25, 0.3) is 11.3 Å². The molecular formula is C20H24N6O. The Bertz CT molecular complexity index is 860. The van der Waals surface area contributed by atoms with Crippen LogP contribution in [0.2, 0.25) is 0 Å². The number of hydrogen-bond acceptors (Lipinski definition) is 5. The molecule has 7 nitrogen and oxygen atoms in total. The third-order valence-corrected chi connectivity index (χ3v) is 4.17. The molecule has 1 amide bonds. The monoisotopic (exact) mass is 364 g/mol. The van der Waals surface area contributed by atoms with Gasteiger partial charge in [0, 0.05) is 42.7 Å². The number of carbonyl (C=O) groups excluding carboxylic acids is 1. The number of carbonyl (C=O) groups is 1. The van der Waals surface area contributed by atoms with Crippen LogP contribution in [-0.4, -0.2) is 38.5 Å². The number of amides is 1. The average molecular weight is 364 g/mol. The summed E-state index contributed by atoms with van der Waals surface area (Å²) in [7, 11) is 0. The van der Waals surface area contributed by atoms with Gasteiger partial charge in [-0.25, -0.2) is 0 Å². The van der Waals surface area contributed by atoms with E-state index >= 15 is 0 Å². The second-order valence-corrected chi connectivity index (χ2v) is 6.35. The highest BCUT2D eigenvalue weighted by molar-refractivity contribution is 5.95. The molecule has 0 saturated heterocycles. The summed E-state index contributed by atoms with van der Waals surface area (Å²) in [5, 5.41) is 18.7. The number of aromatic nitrogens is 4. The van der Waals surface area contributed by atoms with Gasteiger partial charge in [-0.15, -0.1) is 10.2 Å². The quantitative estimate of drug-likeness (QED) is 0.642. The van der Waals surface area contributed by atoms with Crippen molar-refractivity contribution in [1.29, 1.82) is 0 Å². The van der Waals surface area contributed by atoms with Gasteiger partial charge in [0.25, 0.3) is 5.91 Å². The molecule has 0 aliphatic heterocycles. The van der Waals surface area contributed by atoms with Gasteiger partial charge in [-0.2, -0.15) is 5.10 Å². The summed E-state index contributed by atoms with van der Waals surface area (Å²) < 4.78 is 1.86. The molecule has 2 aromatic heterocycles. The van der Waals surface area contributed by atoms with E-state index in [1.807, 2.05) is 61.1 Å².